The molecule has 0 amide bonds. The average molecular weight is 633 g/mol. The SMILES string of the molecule is CCOC(=O)C1=c2s/c(=C\c3ccc(OCC)cc3)c(=O)n2C(N)=C(S(=O)(=O)c2ccccc2)[C@H]1c1ccc(OCC)cc1. The van der Waals surface area contributed by atoms with Crippen molar-refractivity contribution in [1.82, 2.24) is 4.57 Å². The molecule has 3 aromatic carbocycles. The van der Waals surface area contributed by atoms with Gasteiger partial charge < -0.3 is 19.9 Å². The van der Waals surface area contributed by atoms with E-state index < -0.39 is 27.3 Å². The van der Waals surface area contributed by atoms with Gasteiger partial charge in [-0.3, -0.25) is 9.36 Å². The first-order valence-electron chi connectivity index (χ1n) is 14.1. The summed E-state index contributed by atoms with van der Waals surface area (Å²) in [5, 5.41) is 0. The summed E-state index contributed by atoms with van der Waals surface area (Å²) in [6.45, 7) is 6.40. The molecule has 228 valence electrons. The first-order valence-corrected chi connectivity index (χ1v) is 16.4. The van der Waals surface area contributed by atoms with Crippen LogP contribution in [0, 0.1) is 0 Å². The van der Waals surface area contributed by atoms with Crippen LogP contribution in [-0.2, 0) is 19.4 Å². The van der Waals surface area contributed by atoms with Crippen molar-refractivity contribution in [2.24, 2.45) is 5.73 Å². The molecule has 44 heavy (non-hydrogen) atoms. The number of sulfone groups is 1. The fourth-order valence-corrected chi connectivity index (χ4v) is 7.91. The molecule has 1 aliphatic rings. The maximum atomic E-state index is 14.3. The number of fused-ring (bicyclic) bond motifs is 1. The lowest BCUT2D eigenvalue weighted by Gasteiger charge is -2.28. The number of aromatic nitrogens is 1. The van der Waals surface area contributed by atoms with E-state index in [2.05, 4.69) is 0 Å². The third-order valence-electron chi connectivity index (χ3n) is 6.95. The van der Waals surface area contributed by atoms with Crippen LogP contribution < -0.4 is 30.0 Å². The molecule has 1 aliphatic heterocycles. The summed E-state index contributed by atoms with van der Waals surface area (Å²) in [4.78, 5) is 27.3. The van der Waals surface area contributed by atoms with E-state index in [1.54, 1.807) is 79.7 Å². The number of rotatable bonds is 10. The Bertz CT molecular complexity index is 1990. The third kappa shape index (κ3) is 5.80. The first-order chi connectivity index (χ1) is 21.2. The number of thiazole rings is 1. The molecule has 1 atom stereocenters. The van der Waals surface area contributed by atoms with E-state index in [4.69, 9.17) is 19.9 Å². The molecule has 0 unspecified atom stereocenters. The quantitative estimate of drug-likeness (QED) is 0.263. The number of hydrogen-bond acceptors (Lipinski definition) is 9. The second kappa shape index (κ2) is 12.9. The Labute approximate surface area is 259 Å². The molecule has 5 rings (SSSR count). The molecule has 0 spiro atoms. The molecule has 0 saturated heterocycles. The van der Waals surface area contributed by atoms with E-state index in [-0.39, 0.29) is 37.0 Å². The Morgan fingerprint density at radius 2 is 1.48 bits per heavy atom. The van der Waals surface area contributed by atoms with E-state index in [1.165, 1.54) is 12.1 Å². The lowest BCUT2D eigenvalue weighted by molar-refractivity contribution is -0.136. The van der Waals surface area contributed by atoms with Crippen LogP contribution in [0.25, 0.3) is 17.5 Å². The molecular formula is C33H32N2O7S2. The minimum Gasteiger partial charge on any atom is -0.494 e. The Kier molecular flexibility index (Phi) is 9.07. The highest BCUT2D eigenvalue weighted by atomic mass is 32.2. The zero-order chi connectivity index (χ0) is 31.4. The topological polar surface area (TPSA) is 127 Å². The van der Waals surface area contributed by atoms with Crippen molar-refractivity contribution < 1.29 is 27.4 Å². The number of hydrogen-bond donors (Lipinski definition) is 1. The van der Waals surface area contributed by atoms with Crippen LogP contribution in [0.5, 0.6) is 11.5 Å². The lowest BCUT2D eigenvalue weighted by atomic mass is 9.89. The number of esters is 1. The highest BCUT2D eigenvalue weighted by molar-refractivity contribution is 7.95. The van der Waals surface area contributed by atoms with Gasteiger partial charge in [-0.05, 0) is 74.4 Å². The van der Waals surface area contributed by atoms with E-state index in [9.17, 15) is 18.0 Å². The molecule has 1 aromatic heterocycles. The molecule has 0 bridgehead atoms. The molecule has 0 radical (unpaired) electrons. The second-order valence-corrected chi connectivity index (χ2v) is 12.6. The molecule has 0 aliphatic carbocycles. The van der Waals surface area contributed by atoms with Crippen LogP contribution in [0.4, 0.5) is 0 Å². The van der Waals surface area contributed by atoms with Gasteiger partial charge in [0.25, 0.3) is 5.56 Å². The number of allylic oxidation sites excluding steroid dienone is 1. The highest BCUT2D eigenvalue weighted by Crippen LogP contribution is 2.42. The lowest BCUT2D eigenvalue weighted by Crippen LogP contribution is -2.41. The van der Waals surface area contributed by atoms with Crippen molar-refractivity contribution in [2.45, 2.75) is 31.6 Å². The van der Waals surface area contributed by atoms with Gasteiger partial charge in [-0.1, -0.05) is 42.5 Å². The number of ether oxygens (including phenoxy) is 3. The standard InChI is InChI=1S/C33H32N2O7S2/c1-4-40-23-16-12-21(13-17-23)20-26-31(36)35-30(34)29(44(38,39)25-10-8-7-9-11-25)27(22-14-18-24(19-15-22)41-5-2)28(32(35)43-26)33(37)42-6-3/h7-20,27H,4-6,34H2,1-3H3/b26-20-/t27-/m0/s1. The van der Waals surface area contributed by atoms with Gasteiger partial charge in [-0.25, -0.2) is 13.2 Å². The van der Waals surface area contributed by atoms with Gasteiger partial charge >= 0.3 is 5.97 Å². The van der Waals surface area contributed by atoms with Crippen molar-refractivity contribution in [3.8, 4) is 11.5 Å². The van der Waals surface area contributed by atoms with Crippen LogP contribution in [0.2, 0.25) is 0 Å². The summed E-state index contributed by atoms with van der Waals surface area (Å²) in [5.74, 6) is -0.919. The van der Waals surface area contributed by atoms with Crippen molar-refractivity contribution in [2.75, 3.05) is 19.8 Å². The van der Waals surface area contributed by atoms with Crippen molar-refractivity contribution in [3.05, 3.63) is 114 Å². The monoisotopic (exact) mass is 632 g/mol. The second-order valence-electron chi connectivity index (χ2n) is 9.69. The predicted molar refractivity (Wildman–Crippen MR) is 170 cm³/mol. The summed E-state index contributed by atoms with van der Waals surface area (Å²) in [7, 11) is -4.31. The Morgan fingerprint density at radius 3 is 2.05 bits per heavy atom. The van der Waals surface area contributed by atoms with Gasteiger partial charge in [0.2, 0.25) is 9.84 Å². The minimum atomic E-state index is -4.31. The van der Waals surface area contributed by atoms with E-state index in [1.807, 2.05) is 13.8 Å². The molecule has 11 heteroatoms. The van der Waals surface area contributed by atoms with Crippen LogP contribution in [0.1, 0.15) is 37.8 Å². The number of benzene rings is 3. The summed E-state index contributed by atoms with van der Waals surface area (Å²) >= 11 is 1.05. The summed E-state index contributed by atoms with van der Waals surface area (Å²) in [6.07, 6.45) is 1.67. The largest absolute Gasteiger partial charge is 0.494 e. The molecular weight excluding hydrogens is 601 g/mol. The molecule has 2 heterocycles. The molecule has 2 N–H and O–H groups in total. The number of nitrogens with zero attached hydrogens (tertiary/aromatic N) is 1. The van der Waals surface area contributed by atoms with Crippen molar-refractivity contribution >= 4 is 44.6 Å². The maximum Gasteiger partial charge on any atom is 0.338 e. The third-order valence-corrected chi connectivity index (χ3v) is 9.97. The van der Waals surface area contributed by atoms with Gasteiger partial charge in [-0.2, -0.15) is 0 Å². The van der Waals surface area contributed by atoms with E-state index >= 15 is 0 Å². The Morgan fingerprint density at radius 1 is 0.886 bits per heavy atom. The zero-order valence-electron chi connectivity index (χ0n) is 24.5. The Hall–Kier alpha value is -4.61. The fraction of sp³-hybridized carbons (Fsp3) is 0.212. The van der Waals surface area contributed by atoms with Crippen molar-refractivity contribution in [3.63, 3.8) is 0 Å². The van der Waals surface area contributed by atoms with Gasteiger partial charge in [0, 0.05) is 0 Å². The Balaban J connectivity index is 1.84. The van der Waals surface area contributed by atoms with Crippen LogP contribution in [0.3, 0.4) is 0 Å². The predicted octanol–water partition coefficient (Wildman–Crippen LogP) is 3.61. The minimum absolute atomic E-state index is 0.00756. The fourth-order valence-electron chi connectivity index (χ4n) is 5.05. The van der Waals surface area contributed by atoms with E-state index in [0.29, 0.717) is 35.8 Å². The molecule has 0 saturated carbocycles. The smallest absolute Gasteiger partial charge is 0.338 e. The molecule has 9 nitrogen and oxygen atoms in total. The van der Waals surface area contributed by atoms with Crippen molar-refractivity contribution in [1.29, 1.82) is 0 Å². The number of carbonyl (C=O) groups excluding carboxylic acids is 1. The number of carbonyl (C=O) groups is 1. The van der Waals surface area contributed by atoms with Gasteiger partial charge in [0.15, 0.2) is 0 Å². The summed E-state index contributed by atoms with van der Waals surface area (Å²) < 4.78 is 46.8. The maximum absolute atomic E-state index is 14.3. The first kappa shape index (κ1) is 30.8. The van der Waals surface area contributed by atoms with Crippen LogP contribution in [0.15, 0.2) is 93.5 Å². The van der Waals surface area contributed by atoms with Crippen LogP contribution >= 0.6 is 11.3 Å². The summed E-state index contributed by atoms with van der Waals surface area (Å²) in [6, 6.07) is 21.8. The van der Waals surface area contributed by atoms with Crippen LogP contribution in [-0.4, -0.2) is 38.8 Å². The summed E-state index contributed by atoms with van der Waals surface area (Å²) in [5.41, 5.74) is 7.31. The highest BCUT2D eigenvalue weighted by Gasteiger charge is 2.42. The normalized spacial score (nSPS) is 15.2. The molecule has 0 fully saturated rings. The van der Waals surface area contributed by atoms with Gasteiger partial charge in [0.1, 0.15) is 26.9 Å². The van der Waals surface area contributed by atoms with Gasteiger partial charge in [0.05, 0.1) is 40.7 Å². The zero-order valence-corrected chi connectivity index (χ0v) is 26.1. The molecule has 4 aromatic rings. The number of nitrogens with two attached hydrogens (primary N) is 1. The average Bonchev–Trinajstić information content (AvgIpc) is 3.34. The van der Waals surface area contributed by atoms with E-state index in [0.717, 1.165) is 15.9 Å². The van der Waals surface area contributed by atoms with Gasteiger partial charge in [-0.15, -0.1) is 11.3 Å².